The minimum absolute atomic E-state index is 0.00508. The van der Waals surface area contributed by atoms with E-state index in [-0.39, 0.29) is 11.9 Å². The SMILES string of the molecule is COc1ccc(-c2cc(C(=O)NC(C)CCc3ccccc3)n3nc(-c4ccccc4)cc3n2)cc1. The molecule has 1 N–H and O–H groups in total. The van der Waals surface area contributed by atoms with Crippen LogP contribution in [-0.4, -0.2) is 33.7 Å². The van der Waals surface area contributed by atoms with Crippen molar-refractivity contribution in [2.45, 2.75) is 25.8 Å². The van der Waals surface area contributed by atoms with Gasteiger partial charge >= 0.3 is 0 Å². The van der Waals surface area contributed by atoms with Gasteiger partial charge in [-0.15, -0.1) is 0 Å². The molecule has 5 aromatic rings. The number of nitrogens with zero attached hydrogens (tertiary/aromatic N) is 3. The Kier molecular flexibility index (Phi) is 6.76. The number of hydrogen-bond acceptors (Lipinski definition) is 4. The average molecular weight is 477 g/mol. The summed E-state index contributed by atoms with van der Waals surface area (Å²) >= 11 is 0. The molecule has 0 spiro atoms. The van der Waals surface area contributed by atoms with Gasteiger partial charge in [-0.2, -0.15) is 5.10 Å². The lowest BCUT2D eigenvalue weighted by molar-refractivity contribution is 0.0931. The maximum Gasteiger partial charge on any atom is 0.270 e. The van der Waals surface area contributed by atoms with E-state index in [1.165, 1.54) is 5.56 Å². The van der Waals surface area contributed by atoms with Gasteiger partial charge in [0, 0.05) is 23.2 Å². The molecule has 1 amide bonds. The Bertz CT molecular complexity index is 1460. The Balaban J connectivity index is 1.48. The molecule has 36 heavy (non-hydrogen) atoms. The third kappa shape index (κ3) is 5.13. The van der Waals surface area contributed by atoms with E-state index in [1.54, 1.807) is 17.7 Å². The van der Waals surface area contributed by atoms with E-state index >= 15 is 0 Å². The topological polar surface area (TPSA) is 68.5 Å². The largest absolute Gasteiger partial charge is 0.497 e. The minimum Gasteiger partial charge on any atom is -0.497 e. The number of ether oxygens (including phenoxy) is 1. The van der Waals surface area contributed by atoms with Crippen molar-refractivity contribution in [1.29, 1.82) is 0 Å². The van der Waals surface area contributed by atoms with Crippen LogP contribution in [0.3, 0.4) is 0 Å². The summed E-state index contributed by atoms with van der Waals surface area (Å²) in [6, 6.07) is 31.6. The highest BCUT2D eigenvalue weighted by Crippen LogP contribution is 2.25. The van der Waals surface area contributed by atoms with Crippen LogP contribution in [0.15, 0.2) is 97.1 Å². The zero-order chi connectivity index (χ0) is 24.9. The van der Waals surface area contributed by atoms with Crippen LogP contribution in [0.5, 0.6) is 5.75 Å². The summed E-state index contributed by atoms with van der Waals surface area (Å²) in [5.74, 6) is 0.584. The predicted molar refractivity (Wildman–Crippen MR) is 142 cm³/mol. The van der Waals surface area contributed by atoms with E-state index in [9.17, 15) is 4.79 Å². The number of aryl methyl sites for hydroxylation is 1. The van der Waals surface area contributed by atoms with E-state index in [4.69, 9.17) is 14.8 Å². The van der Waals surface area contributed by atoms with Gasteiger partial charge in [0.2, 0.25) is 0 Å². The van der Waals surface area contributed by atoms with Crippen LogP contribution in [0.1, 0.15) is 29.4 Å². The van der Waals surface area contributed by atoms with Crippen LogP contribution in [0, 0.1) is 0 Å². The second-order valence-electron chi connectivity index (χ2n) is 8.82. The molecule has 0 radical (unpaired) electrons. The van der Waals surface area contributed by atoms with Gasteiger partial charge < -0.3 is 10.1 Å². The van der Waals surface area contributed by atoms with Gasteiger partial charge in [0.05, 0.1) is 18.5 Å². The molecule has 180 valence electrons. The second kappa shape index (κ2) is 10.4. The van der Waals surface area contributed by atoms with Crippen LogP contribution in [0.4, 0.5) is 0 Å². The molecule has 3 aromatic carbocycles. The molecule has 0 aliphatic heterocycles. The summed E-state index contributed by atoms with van der Waals surface area (Å²) in [7, 11) is 1.64. The smallest absolute Gasteiger partial charge is 0.270 e. The summed E-state index contributed by atoms with van der Waals surface area (Å²) in [6.07, 6.45) is 1.73. The third-order valence-corrected chi connectivity index (χ3v) is 6.20. The van der Waals surface area contributed by atoms with Crippen molar-refractivity contribution in [3.63, 3.8) is 0 Å². The quantitative estimate of drug-likeness (QED) is 0.306. The second-order valence-corrected chi connectivity index (χ2v) is 8.82. The van der Waals surface area contributed by atoms with E-state index in [0.717, 1.165) is 35.4 Å². The summed E-state index contributed by atoms with van der Waals surface area (Å²) < 4.78 is 6.92. The van der Waals surface area contributed by atoms with Crippen molar-refractivity contribution >= 4 is 11.6 Å². The number of aromatic nitrogens is 3. The number of methoxy groups -OCH3 is 1. The first kappa shape index (κ1) is 23.3. The molecule has 6 nitrogen and oxygen atoms in total. The van der Waals surface area contributed by atoms with Crippen LogP contribution in [-0.2, 0) is 6.42 Å². The normalized spacial score (nSPS) is 11.8. The van der Waals surface area contributed by atoms with E-state index in [0.29, 0.717) is 17.0 Å². The Labute approximate surface area is 210 Å². The van der Waals surface area contributed by atoms with Gasteiger partial charge in [0.15, 0.2) is 5.65 Å². The first-order valence-electron chi connectivity index (χ1n) is 12.1. The number of fused-ring (bicyclic) bond motifs is 1. The summed E-state index contributed by atoms with van der Waals surface area (Å²) in [4.78, 5) is 18.3. The van der Waals surface area contributed by atoms with Crippen molar-refractivity contribution in [1.82, 2.24) is 19.9 Å². The number of hydrogen-bond donors (Lipinski definition) is 1. The van der Waals surface area contributed by atoms with E-state index < -0.39 is 0 Å². The molecule has 2 heterocycles. The van der Waals surface area contributed by atoms with Crippen molar-refractivity contribution in [3.8, 4) is 28.3 Å². The molecule has 0 aliphatic rings. The number of rotatable bonds is 8. The molecule has 0 bridgehead atoms. The lowest BCUT2D eigenvalue weighted by Crippen LogP contribution is -2.34. The third-order valence-electron chi connectivity index (χ3n) is 6.20. The number of carbonyl (C=O) groups is 1. The molecule has 1 unspecified atom stereocenters. The van der Waals surface area contributed by atoms with Crippen LogP contribution >= 0.6 is 0 Å². The molecular weight excluding hydrogens is 448 g/mol. The maximum absolute atomic E-state index is 13.5. The van der Waals surface area contributed by atoms with Crippen molar-refractivity contribution in [3.05, 3.63) is 108 Å². The molecule has 0 saturated carbocycles. The van der Waals surface area contributed by atoms with Crippen molar-refractivity contribution in [2.75, 3.05) is 7.11 Å². The van der Waals surface area contributed by atoms with E-state index in [1.807, 2.05) is 85.8 Å². The number of benzene rings is 3. The monoisotopic (exact) mass is 476 g/mol. The molecule has 6 heteroatoms. The maximum atomic E-state index is 13.5. The highest BCUT2D eigenvalue weighted by atomic mass is 16.5. The summed E-state index contributed by atoms with van der Waals surface area (Å²) in [6.45, 7) is 2.03. The molecule has 2 aromatic heterocycles. The standard InChI is InChI=1S/C30H28N4O2/c1-21(13-14-22-9-5-3-6-10-22)31-30(35)28-19-26(24-15-17-25(36-2)18-16-24)32-29-20-27(33-34(28)29)23-11-7-4-8-12-23/h3-12,15-21H,13-14H2,1-2H3,(H,31,35). The van der Waals surface area contributed by atoms with Gasteiger partial charge in [-0.1, -0.05) is 60.7 Å². The Morgan fingerprint density at radius 3 is 2.25 bits per heavy atom. The molecule has 0 aliphatic carbocycles. The molecule has 1 atom stereocenters. The Hall–Kier alpha value is -4.45. The number of carbonyl (C=O) groups excluding carboxylic acids is 1. The fourth-order valence-corrected chi connectivity index (χ4v) is 4.19. The summed E-state index contributed by atoms with van der Waals surface area (Å²) in [5, 5.41) is 7.90. The number of nitrogens with one attached hydrogen (secondary N) is 1. The lowest BCUT2D eigenvalue weighted by Gasteiger charge is -2.15. The fourth-order valence-electron chi connectivity index (χ4n) is 4.19. The van der Waals surface area contributed by atoms with Gasteiger partial charge in [0.1, 0.15) is 11.4 Å². The van der Waals surface area contributed by atoms with Crippen LogP contribution in [0.25, 0.3) is 28.2 Å². The molecule has 0 saturated heterocycles. The highest BCUT2D eigenvalue weighted by Gasteiger charge is 2.19. The molecular formula is C30H28N4O2. The van der Waals surface area contributed by atoms with Gasteiger partial charge in [-0.25, -0.2) is 9.50 Å². The zero-order valence-corrected chi connectivity index (χ0v) is 20.4. The van der Waals surface area contributed by atoms with Gasteiger partial charge in [0.25, 0.3) is 5.91 Å². The molecule has 0 fully saturated rings. The Morgan fingerprint density at radius 1 is 0.889 bits per heavy atom. The first-order valence-corrected chi connectivity index (χ1v) is 12.1. The van der Waals surface area contributed by atoms with Crippen LogP contribution in [0.2, 0.25) is 0 Å². The zero-order valence-electron chi connectivity index (χ0n) is 20.4. The summed E-state index contributed by atoms with van der Waals surface area (Å²) in [5.41, 5.74) is 5.64. The Morgan fingerprint density at radius 2 is 1.56 bits per heavy atom. The van der Waals surface area contributed by atoms with Crippen LogP contribution < -0.4 is 10.1 Å². The van der Waals surface area contributed by atoms with Crippen molar-refractivity contribution < 1.29 is 9.53 Å². The molecule has 5 rings (SSSR count). The van der Waals surface area contributed by atoms with Crippen molar-refractivity contribution in [2.24, 2.45) is 0 Å². The van der Waals surface area contributed by atoms with Gasteiger partial charge in [-0.3, -0.25) is 4.79 Å². The fraction of sp³-hybridized carbons (Fsp3) is 0.167. The highest BCUT2D eigenvalue weighted by molar-refractivity contribution is 5.94. The van der Waals surface area contributed by atoms with E-state index in [2.05, 4.69) is 17.4 Å². The average Bonchev–Trinajstić information content (AvgIpc) is 3.37. The van der Waals surface area contributed by atoms with Gasteiger partial charge in [-0.05, 0) is 55.7 Å². The first-order chi connectivity index (χ1) is 17.6. The predicted octanol–water partition coefficient (Wildman–Crippen LogP) is 5.82. The lowest BCUT2D eigenvalue weighted by atomic mass is 10.1. The number of amides is 1. The minimum atomic E-state index is -0.180.